The highest BCUT2D eigenvalue weighted by atomic mass is 32.2. The van der Waals surface area contributed by atoms with Gasteiger partial charge in [0.05, 0.1) is 19.5 Å². The topological polar surface area (TPSA) is 50.8 Å². The number of methoxy groups -OCH3 is 2. The van der Waals surface area contributed by atoms with Crippen LogP contribution >= 0.6 is 0 Å². The quantitative estimate of drug-likeness (QED) is 0.785. The Bertz CT molecular complexity index is 650. The summed E-state index contributed by atoms with van der Waals surface area (Å²) in [4.78, 5) is 0. The molecule has 0 saturated carbocycles. The van der Waals surface area contributed by atoms with Gasteiger partial charge in [0.1, 0.15) is 22.5 Å². The zero-order valence-electron chi connectivity index (χ0n) is 14.6. The predicted molar refractivity (Wildman–Crippen MR) is 100 cm³/mol. The molecular weight excluding hydrogens is 336 g/mol. The van der Waals surface area contributed by atoms with E-state index in [1.54, 1.807) is 14.2 Å². The fraction of sp³-hybridized carbons (Fsp3) is 0.368. The van der Waals surface area contributed by atoms with Crippen molar-refractivity contribution in [2.75, 3.05) is 27.3 Å². The minimum Gasteiger partial charge on any atom is -0.497 e. The van der Waals surface area contributed by atoms with Gasteiger partial charge in [-0.3, -0.25) is 0 Å². The molecule has 2 aromatic rings. The molecule has 1 atom stereocenters. The van der Waals surface area contributed by atoms with Crippen LogP contribution in [0.15, 0.2) is 48.5 Å². The first-order valence-electron chi connectivity index (χ1n) is 8.32. The average molecular weight is 360 g/mol. The van der Waals surface area contributed by atoms with E-state index in [-0.39, 0.29) is 5.25 Å². The molecule has 1 aliphatic rings. The molecule has 134 valence electrons. The highest BCUT2D eigenvalue weighted by Gasteiger charge is 2.28. The molecule has 0 radical (unpaired) electrons. The fourth-order valence-electron chi connectivity index (χ4n) is 2.67. The molecule has 0 amide bonds. The van der Waals surface area contributed by atoms with E-state index in [2.05, 4.69) is 5.32 Å². The molecule has 0 aliphatic carbocycles. The lowest BCUT2D eigenvalue weighted by atomic mass is 10.2. The van der Waals surface area contributed by atoms with Gasteiger partial charge in [0.2, 0.25) is 0 Å². The summed E-state index contributed by atoms with van der Waals surface area (Å²) in [7, 11) is 2.29. The van der Waals surface area contributed by atoms with Crippen LogP contribution in [0.4, 0.5) is 0 Å². The van der Waals surface area contributed by atoms with Crippen LogP contribution in [-0.2, 0) is 24.1 Å². The minimum absolute atomic E-state index is 0.191. The Hall–Kier alpha value is -1.89. The van der Waals surface area contributed by atoms with Gasteiger partial charge in [0.25, 0.3) is 0 Å². The largest absolute Gasteiger partial charge is 0.497 e. The number of nitrogens with zero attached hydrogens (tertiary/aromatic N) is 1. The Morgan fingerprint density at radius 1 is 0.920 bits per heavy atom. The molecule has 1 N–H and O–H groups in total. The Balaban J connectivity index is 1.74. The molecule has 2 aromatic carbocycles. The highest BCUT2D eigenvalue weighted by Crippen LogP contribution is 2.20. The average Bonchev–Trinajstić information content (AvgIpc) is 2.61. The van der Waals surface area contributed by atoms with Gasteiger partial charge in [-0.2, -0.15) is 0 Å². The van der Waals surface area contributed by atoms with Crippen molar-refractivity contribution in [2.24, 2.45) is 0 Å². The van der Waals surface area contributed by atoms with Crippen molar-refractivity contribution in [3.63, 3.8) is 0 Å². The maximum atomic E-state index is 12.9. The smallest absolute Gasteiger partial charge is 0.118 e. The zero-order chi connectivity index (χ0) is 17.6. The van der Waals surface area contributed by atoms with Gasteiger partial charge in [-0.15, -0.1) is 0 Å². The molecule has 1 saturated heterocycles. The molecule has 0 aromatic heterocycles. The first kappa shape index (κ1) is 17.9. The second-order valence-electron chi connectivity index (χ2n) is 6.05. The third-order valence-corrected chi connectivity index (χ3v) is 5.99. The van der Waals surface area contributed by atoms with Gasteiger partial charge < -0.3 is 14.8 Å². The van der Waals surface area contributed by atoms with Crippen molar-refractivity contribution in [3.05, 3.63) is 59.7 Å². The van der Waals surface area contributed by atoms with Crippen molar-refractivity contribution in [1.29, 1.82) is 0 Å². The van der Waals surface area contributed by atoms with Crippen molar-refractivity contribution < 1.29 is 13.7 Å². The molecule has 6 heteroatoms. The van der Waals surface area contributed by atoms with Crippen molar-refractivity contribution in [3.8, 4) is 11.5 Å². The van der Waals surface area contributed by atoms with Crippen molar-refractivity contribution in [2.45, 2.75) is 18.3 Å². The molecule has 1 heterocycles. The second-order valence-corrected chi connectivity index (χ2v) is 7.79. The monoisotopic (exact) mass is 360 g/mol. The number of nitrogens with one attached hydrogen (secondary N) is 1. The lowest BCUT2D eigenvalue weighted by Crippen LogP contribution is -2.52. The van der Waals surface area contributed by atoms with E-state index < -0.39 is 11.0 Å². The summed E-state index contributed by atoms with van der Waals surface area (Å²) in [5, 5.41) is 3.39. The molecule has 25 heavy (non-hydrogen) atoms. The molecule has 5 nitrogen and oxygen atoms in total. The van der Waals surface area contributed by atoms with E-state index in [0.717, 1.165) is 35.7 Å². The summed E-state index contributed by atoms with van der Waals surface area (Å²) in [6.45, 7) is 2.90. The summed E-state index contributed by atoms with van der Waals surface area (Å²) >= 11 is 0. The summed E-state index contributed by atoms with van der Waals surface area (Å²) in [6.07, 6.45) is 0. The minimum atomic E-state index is -1.02. The van der Waals surface area contributed by atoms with E-state index in [9.17, 15) is 4.21 Å². The van der Waals surface area contributed by atoms with E-state index in [4.69, 9.17) is 9.47 Å². The second kappa shape index (κ2) is 8.47. The third kappa shape index (κ3) is 4.60. The Labute approximate surface area is 151 Å². The van der Waals surface area contributed by atoms with E-state index in [1.165, 1.54) is 0 Å². The van der Waals surface area contributed by atoms with E-state index >= 15 is 0 Å². The summed E-state index contributed by atoms with van der Waals surface area (Å²) < 4.78 is 25.4. The predicted octanol–water partition coefficient (Wildman–Crippen LogP) is 2.34. The van der Waals surface area contributed by atoms with E-state index in [0.29, 0.717) is 13.1 Å². The number of hydrogen-bond acceptors (Lipinski definition) is 4. The normalized spacial score (nSPS) is 15.6. The standard InChI is InChI=1S/C19H24N2O3S/c1-23-17-7-3-15(4-8-17)13-21(25(22)19-11-20-12-19)14-16-5-9-18(24-2)10-6-16/h3-10,19-20H,11-14H2,1-2H3. The van der Waals surface area contributed by atoms with Crippen LogP contribution in [-0.4, -0.2) is 41.1 Å². The van der Waals surface area contributed by atoms with Gasteiger partial charge in [0.15, 0.2) is 0 Å². The van der Waals surface area contributed by atoms with Gasteiger partial charge in [-0.25, -0.2) is 8.51 Å². The van der Waals surface area contributed by atoms with Crippen LogP contribution in [0.1, 0.15) is 11.1 Å². The Morgan fingerprint density at radius 3 is 1.68 bits per heavy atom. The molecule has 1 fully saturated rings. The summed E-state index contributed by atoms with van der Waals surface area (Å²) in [5.74, 6) is 1.66. The van der Waals surface area contributed by atoms with Gasteiger partial charge in [0, 0.05) is 26.2 Å². The van der Waals surface area contributed by atoms with E-state index in [1.807, 2.05) is 52.8 Å². The Kier molecular flexibility index (Phi) is 6.07. The number of ether oxygens (including phenoxy) is 2. The summed E-state index contributed by atoms with van der Waals surface area (Å²) in [6, 6.07) is 15.9. The first-order chi connectivity index (χ1) is 12.2. The third-order valence-electron chi connectivity index (χ3n) is 4.32. The molecule has 0 spiro atoms. The first-order valence-corrected chi connectivity index (χ1v) is 9.49. The number of benzene rings is 2. The number of hydrogen-bond donors (Lipinski definition) is 1. The van der Waals surface area contributed by atoms with Crippen LogP contribution < -0.4 is 14.8 Å². The number of rotatable bonds is 8. The lowest BCUT2D eigenvalue weighted by molar-refractivity contribution is 0.406. The zero-order valence-corrected chi connectivity index (χ0v) is 15.4. The molecule has 0 bridgehead atoms. The van der Waals surface area contributed by atoms with Crippen LogP contribution in [0.25, 0.3) is 0 Å². The van der Waals surface area contributed by atoms with Gasteiger partial charge in [-0.1, -0.05) is 24.3 Å². The van der Waals surface area contributed by atoms with Crippen LogP contribution in [0.5, 0.6) is 11.5 Å². The van der Waals surface area contributed by atoms with Crippen LogP contribution in [0.2, 0.25) is 0 Å². The maximum absolute atomic E-state index is 12.9. The summed E-state index contributed by atoms with van der Waals surface area (Å²) in [5.41, 5.74) is 2.24. The molecular formula is C19H24N2O3S. The molecule has 3 rings (SSSR count). The molecule has 1 unspecified atom stereocenters. The van der Waals surface area contributed by atoms with Gasteiger partial charge >= 0.3 is 0 Å². The maximum Gasteiger partial charge on any atom is 0.118 e. The van der Waals surface area contributed by atoms with Crippen LogP contribution in [0.3, 0.4) is 0 Å². The lowest BCUT2D eigenvalue weighted by Gasteiger charge is -2.32. The SMILES string of the molecule is COc1ccc(CN(Cc2ccc(OC)cc2)S(=O)C2CNC2)cc1. The fourth-order valence-corrected chi connectivity index (χ4v) is 4.16. The van der Waals surface area contributed by atoms with Crippen LogP contribution in [0, 0.1) is 0 Å². The molecule has 1 aliphatic heterocycles. The van der Waals surface area contributed by atoms with Crippen molar-refractivity contribution >= 4 is 11.0 Å². The Morgan fingerprint density at radius 2 is 1.36 bits per heavy atom. The highest BCUT2D eigenvalue weighted by molar-refractivity contribution is 7.83. The van der Waals surface area contributed by atoms with Gasteiger partial charge in [-0.05, 0) is 35.4 Å². The van der Waals surface area contributed by atoms with Crippen molar-refractivity contribution in [1.82, 2.24) is 9.62 Å².